The Hall–Kier alpha value is -1.20. The second-order valence-electron chi connectivity index (χ2n) is 3.91. The van der Waals surface area contributed by atoms with Crippen LogP contribution in [-0.4, -0.2) is 29.1 Å². The van der Waals surface area contributed by atoms with Gasteiger partial charge in [-0.3, -0.25) is 0 Å². The third-order valence-electron chi connectivity index (χ3n) is 2.49. The Labute approximate surface area is 99.1 Å². The van der Waals surface area contributed by atoms with Gasteiger partial charge in [-0.05, 0) is 25.3 Å². The minimum Gasteiger partial charge on any atom is -0.352 e. The lowest BCUT2D eigenvalue weighted by Crippen LogP contribution is -2.36. The predicted molar refractivity (Wildman–Crippen MR) is 69.0 cm³/mol. The molecule has 0 aromatic carbocycles. The van der Waals surface area contributed by atoms with Crippen molar-refractivity contribution in [3.63, 3.8) is 0 Å². The molecule has 2 N–H and O–H groups in total. The summed E-state index contributed by atoms with van der Waals surface area (Å²) in [5.41, 5.74) is 6.65. The molecule has 0 saturated carbocycles. The molecule has 0 fully saturated rings. The second-order valence-corrected chi connectivity index (χ2v) is 4.82. The number of thiophene rings is 1. The normalized spacial score (nSPS) is 11.2. The zero-order valence-electron chi connectivity index (χ0n) is 9.55. The molecule has 5 heteroatoms. The smallest absolute Gasteiger partial charge is 0.150 e. The van der Waals surface area contributed by atoms with Crippen LogP contribution in [0, 0.1) is 0 Å². The summed E-state index contributed by atoms with van der Waals surface area (Å²) in [5.74, 6) is 1.00. The van der Waals surface area contributed by atoms with Crippen molar-refractivity contribution in [2.75, 3.05) is 18.0 Å². The number of anilines is 1. The molecule has 0 unspecified atom stereocenters. The van der Waals surface area contributed by atoms with Crippen molar-refractivity contribution in [3.8, 4) is 0 Å². The maximum Gasteiger partial charge on any atom is 0.150 e. The minimum atomic E-state index is 0.392. The van der Waals surface area contributed by atoms with Crippen molar-refractivity contribution in [3.05, 3.63) is 17.8 Å². The fourth-order valence-corrected chi connectivity index (χ4v) is 2.58. The van der Waals surface area contributed by atoms with Gasteiger partial charge < -0.3 is 10.6 Å². The molecular weight excluding hydrogens is 220 g/mol. The molecule has 0 aliphatic rings. The Kier molecular flexibility index (Phi) is 3.36. The molecule has 0 atom stereocenters. The van der Waals surface area contributed by atoms with Crippen LogP contribution in [0.5, 0.6) is 0 Å². The molecule has 4 nitrogen and oxygen atoms in total. The SMILES string of the molecule is CC(C)N(CCN)c1ncnc2ccsc12. The van der Waals surface area contributed by atoms with Crippen LogP contribution in [-0.2, 0) is 0 Å². The van der Waals surface area contributed by atoms with Crippen LogP contribution < -0.4 is 10.6 Å². The summed E-state index contributed by atoms with van der Waals surface area (Å²) in [5, 5.41) is 2.05. The van der Waals surface area contributed by atoms with E-state index >= 15 is 0 Å². The number of nitrogens with zero attached hydrogens (tertiary/aromatic N) is 3. The first-order valence-electron chi connectivity index (χ1n) is 5.39. The number of aromatic nitrogens is 2. The summed E-state index contributed by atoms with van der Waals surface area (Å²) in [7, 11) is 0. The van der Waals surface area contributed by atoms with Gasteiger partial charge in [0.2, 0.25) is 0 Å². The molecule has 16 heavy (non-hydrogen) atoms. The average molecular weight is 236 g/mol. The highest BCUT2D eigenvalue weighted by atomic mass is 32.1. The van der Waals surface area contributed by atoms with Crippen LogP contribution in [0.25, 0.3) is 10.2 Å². The number of nitrogens with two attached hydrogens (primary N) is 1. The van der Waals surface area contributed by atoms with E-state index in [1.165, 1.54) is 0 Å². The lowest BCUT2D eigenvalue weighted by molar-refractivity contribution is 0.677. The van der Waals surface area contributed by atoms with Crippen LogP contribution in [0.3, 0.4) is 0 Å². The van der Waals surface area contributed by atoms with Gasteiger partial charge in [0.1, 0.15) is 12.1 Å². The summed E-state index contributed by atoms with van der Waals surface area (Å²) < 4.78 is 1.14. The molecule has 0 saturated heterocycles. The highest BCUT2D eigenvalue weighted by Gasteiger charge is 2.15. The topological polar surface area (TPSA) is 55.0 Å². The molecule has 0 aliphatic carbocycles. The van der Waals surface area contributed by atoms with E-state index in [-0.39, 0.29) is 0 Å². The van der Waals surface area contributed by atoms with Crippen molar-refractivity contribution in [1.82, 2.24) is 9.97 Å². The Morgan fingerprint density at radius 3 is 2.94 bits per heavy atom. The van der Waals surface area contributed by atoms with E-state index in [9.17, 15) is 0 Å². The molecule has 2 heterocycles. The van der Waals surface area contributed by atoms with E-state index in [1.807, 2.05) is 11.4 Å². The van der Waals surface area contributed by atoms with Crippen molar-refractivity contribution in [2.45, 2.75) is 19.9 Å². The lowest BCUT2D eigenvalue weighted by atomic mass is 10.3. The quantitative estimate of drug-likeness (QED) is 0.880. The van der Waals surface area contributed by atoms with E-state index in [1.54, 1.807) is 17.7 Å². The summed E-state index contributed by atoms with van der Waals surface area (Å²) in [6.07, 6.45) is 1.62. The van der Waals surface area contributed by atoms with E-state index in [2.05, 4.69) is 28.7 Å². The van der Waals surface area contributed by atoms with Gasteiger partial charge in [-0.25, -0.2) is 9.97 Å². The molecule has 86 valence electrons. The van der Waals surface area contributed by atoms with Crippen molar-refractivity contribution < 1.29 is 0 Å². The second kappa shape index (κ2) is 4.76. The van der Waals surface area contributed by atoms with E-state index in [0.717, 1.165) is 22.6 Å². The molecule has 0 radical (unpaired) electrons. The molecule has 2 aromatic rings. The number of hydrogen-bond acceptors (Lipinski definition) is 5. The molecule has 0 amide bonds. The largest absolute Gasteiger partial charge is 0.352 e. The maximum atomic E-state index is 5.64. The minimum absolute atomic E-state index is 0.392. The van der Waals surface area contributed by atoms with Crippen LogP contribution >= 0.6 is 11.3 Å². The highest BCUT2D eigenvalue weighted by molar-refractivity contribution is 7.17. The van der Waals surface area contributed by atoms with Gasteiger partial charge in [0.05, 0.1) is 10.2 Å². The first-order valence-corrected chi connectivity index (χ1v) is 6.27. The third kappa shape index (κ3) is 2.01. The third-order valence-corrected chi connectivity index (χ3v) is 3.39. The van der Waals surface area contributed by atoms with Crippen molar-refractivity contribution >= 4 is 27.4 Å². The summed E-state index contributed by atoms with van der Waals surface area (Å²) in [6.45, 7) is 5.76. The summed E-state index contributed by atoms with van der Waals surface area (Å²) in [4.78, 5) is 10.9. The first-order chi connectivity index (χ1) is 7.74. The Balaban J connectivity index is 2.47. The van der Waals surface area contributed by atoms with Gasteiger partial charge >= 0.3 is 0 Å². The maximum absolute atomic E-state index is 5.64. The van der Waals surface area contributed by atoms with Gasteiger partial charge in [-0.15, -0.1) is 11.3 Å². The number of hydrogen-bond donors (Lipinski definition) is 1. The zero-order chi connectivity index (χ0) is 11.5. The van der Waals surface area contributed by atoms with E-state index in [4.69, 9.17) is 5.73 Å². The van der Waals surface area contributed by atoms with Crippen LogP contribution in [0.4, 0.5) is 5.82 Å². The monoisotopic (exact) mass is 236 g/mol. The summed E-state index contributed by atoms with van der Waals surface area (Å²) >= 11 is 1.68. The van der Waals surface area contributed by atoms with Crippen molar-refractivity contribution in [1.29, 1.82) is 0 Å². The average Bonchev–Trinajstić information content (AvgIpc) is 2.73. The van der Waals surface area contributed by atoms with Gasteiger partial charge in [-0.1, -0.05) is 0 Å². The molecule has 0 spiro atoms. The fraction of sp³-hybridized carbons (Fsp3) is 0.455. The standard InChI is InChI=1S/C11H16N4S/c1-8(2)15(5-4-12)11-10-9(3-6-16-10)13-7-14-11/h3,6-8H,4-5,12H2,1-2H3. The highest BCUT2D eigenvalue weighted by Crippen LogP contribution is 2.28. The number of fused-ring (bicyclic) bond motifs is 1. The fourth-order valence-electron chi connectivity index (χ4n) is 1.73. The van der Waals surface area contributed by atoms with Gasteiger partial charge in [0.15, 0.2) is 0 Å². The molecule has 2 aromatic heterocycles. The predicted octanol–water partition coefficient (Wildman–Crippen LogP) is 1.86. The lowest BCUT2D eigenvalue weighted by Gasteiger charge is -2.27. The Morgan fingerprint density at radius 1 is 1.44 bits per heavy atom. The zero-order valence-corrected chi connectivity index (χ0v) is 10.4. The van der Waals surface area contributed by atoms with Gasteiger partial charge in [0, 0.05) is 19.1 Å². The first kappa shape index (κ1) is 11.3. The van der Waals surface area contributed by atoms with Gasteiger partial charge in [0.25, 0.3) is 0 Å². The Morgan fingerprint density at radius 2 is 2.25 bits per heavy atom. The van der Waals surface area contributed by atoms with Crippen LogP contribution in [0.15, 0.2) is 17.8 Å². The van der Waals surface area contributed by atoms with E-state index in [0.29, 0.717) is 12.6 Å². The van der Waals surface area contributed by atoms with Gasteiger partial charge in [-0.2, -0.15) is 0 Å². The molecule has 0 aliphatic heterocycles. The number of rotatable bonds is 4. The summed E-state index contributed by atoms with van der Waals surface area (Å²) in [6, 6.07) is 2.41. The van der Waals surface area contributed by atoms with Crippen LogP contribution in [0.1, 0.15) is 13.8 Å². The van der Waals surface area contributed by atoms with Crippen molar-refractivity contribution in [2.24, 2.45) is 5.73 Å². The van der Waals surface area contributed by atoms with E-state index < -0.39 is 0 Å². The molecule has 0 bridgehead atoms. The molecule has 2 rings (SSSR count). The molecular formula is C11H16N4S. The Bertz CT molecular complexity index is 466. The van der Waals surface area contributed by atoms with Crippen LogP contribution in [0.2, 0.25) is 0 Å².